The van der Waals surface area contributed by atoms with E-state index in [1.807, 2.05) is 0 Å². The summed E-state index contributed by atoms with van der Waals surface area (Å²) in [5.41, 5.74) is 0.791. The van der Waals surface area contributed by atoms with Crippen molar-refractivity contribution in [2.24, 2.45) is 0 Å². The van der Waals surface area contributed by atoms with E-state index in [0.29, 0.717) is 6.42 Å². The summed E-state index contributed by atoms with van der Waals surface area (Å²) in [6.07, 6.45) is 1.81. The molecule has 1 aromatic rings. The van der Waals surface area contributed by atoms with Crippen molar-refractivity contribution < 1.29 is 42.6 Å². The number of hydrogen-bond donors (Lipinski definition) is 1. The van der Waals surface area contributed by atoms with E-state index in [9.17, 15) is 4.79 Å². The largest absolute Gasteiger partial charge is 3.00 e. The van der Waals surface area contributed by atoms with E-state index in [0.717, 1.165) is 5.46 Å². The molecule has 14 heavy (non-hydrogen) atoms. The molecule has 0 saturated heterocycles. The molecule has 1 rings (SSSR count). The second-order valence-corrected chi connectivity index (χ2v) is 2.28. The minimum Gasteiger partial charge on any atom is -0.503 e. The molecule has 0 fully saturated rings. The van der Waals surface area contributed by atoms with Gasteiger partial charge in [-0.2, -0.15) is 36.8 Å². The number of rotatable bonds is 2. The van der Waals surface area contributed by atoms with Crippen LogP contribution in [0, 0.1) is 12.5 Å². The van der Waals surface area contributed by atoms with Crippen LogP contribution in [0.3, 0.4) is 0 Å². The standard InChI is InChI=1S/C6H4B.C4H7O2.Y/c7-6-4-2-1-3-5-6;1-2-3-4(5)6;/h2-5H;3H,2H2,1H3,(H,5,6);/q2*-1;+3. The van der Waals surface area contributed by atoms with E-state index in [-0.39, 0.29) is 32.7 Å². The fourth-order valence-corrected chi connectivity index (χ4v) is 0.574. The molecular weight excluding hydrogens is 252 g/mol. The quantitative estimate of drug-likeness (QED) is 0.637. The molecule has 0 aliphatic rings. The molecule has 0 atom stereocenters. The van der Waals surface area contributed by atoms with Crippen molar-refractivity contribution in [2.75, 3.05) is 0 Å². The van der Waals surface area contributed by atoms with Crippen LogP contribution >= 0.6 is 0 Å². The third-order valence-electron chi connectivity index (χ3n) is 1.12. The van der Waals surface area contributed by atoms with E-state index in [4.69, 9.17) is 13.0 Å². The van der Waals surface area contributed by atoms with Gasteiger partial charge in [-0.15, -0.1) is 0 Å². The fraction of sp³-hybridized carbons (Fsp3) is 0.200. The normalized spacial score (nSPS) is 7.50. The zero-order valence-corrected chi connectivity index (χ0v) is 10.9. The summed E-state index contributed by atoms with van der Waals surface area (Å²) in [7, 11) is 5.34. The van der Waals surface area contributed by atoms with Crippen LogP contribution in [0.2, 0.25) is 0 Å². The summed E-state index contributed by atoms with van der Waals surface area (Å²) in [6.45, 7) is 1.79. The second-order valence-electron chi connectivity index (χ2n) is 2.28. The molecule has 2 nitrogen and oxygen atoms in total. The number of carboxylic acids is 1. The molecule has 0 amide bonds. The molecule has 0 heterocycles. The van der Waals surface area contributed by atoms with Crippen molar-refractivity contribution in [3.63, 3.8) is 0 Å². The summed E-state index contributed by atoms with van der Waals surface area (Å²) in [6, 6.07) is 10.0. The molecule has 1 aromatic carbocycles. The van der Waals surface area contributed by atoms with Crippen molar-refractivity contribution >= 4 is 19.3 Å². The molecule has 4 heteroatoms. The summed E-state index contributed by atoms with van der Waals surface area (Å²) in [5, 5.41) is 7.86. The molecule has 1 N–H and O–H groups in total. The van der Waals surface area contributed by atoms with E-state index in [1.165, 1.54) is 6.42 Å². The summed E-state index contributed by atoms with van der Waals surface area (Å²) in [5.74, 6) is -0.836. The van der Waals surface area contributed by atoms with Crippen LogP contribution in [-0.4, -0.2) is 18.9 Å². The van der Waals surface area contributed by atoms with Gasteiger partial charge < -0.3 is 5.11 Å². The Morgan fingerprint density at radius 3 is 2.21 bits per heavy atom. The van der Waals surface area contributed by atoms with Gasteiger partial charge in [-0.05, 0) is 0 Å². The van der Waals surface area contributed by atoms with Crippen LogP contribution in [0.15, 0.2) is 24.3 Å². The molecule has 0 unspecified atom stereocenters. The van der Waals surface area contributed by atoms with Crippen LogP contribution in [-0.2, 0) is 37.5 Å². The molecule has 68 valence electrons. The average molecular weight is 263 g/mol. The Labute approximate surface area is 111 Å². The van der Waals surface area contributed by atoms with E-state index in [2.05, 4.69) is 6.07 Å². The molecule has 0 saturated carbocycles. The third-order valence-corrected chi connectivity index (χ3v) is 1.12. The van der Waals surface area contributed by atoms with Gasteiger partial charge in [-0.3, -0.25) is 11.2 Å². The van der Waals surface area contributed by atoms with Gasteiger partial charge in [-0.25, -0.2) is 5.46 Å². The van der Waals surface area contributed by atoms with Crippen LogP contribution in [0.1, 0.15) is 13.3 Å². The van der Waals surface area contributed by atoms with Gasteiger partial charge in [0.25, 0.3) is 0 Å². The molecular formula is C10H11BO2Y+. The van der Waals surface area contributed by atoms with Crippen molar-refractivity contribution in [3.05, 3.63) is 36.8 Å². The Morgan fingerprint density at radius 1 is 1.57 bits per heavy atom. The minimum atomic E-state index is -0.836. The van der Waals surface area contributed by atoms with E-state index >= 15 is 0 Å². The van der Waals surface area contributed by atoms with Crippen molar-refractivity contribution in [1.82, 2.24) is 0 Å². The second kappa shape index (κ2) is 10.8. The van der Waals surface area contributed by atoms with Gasteiger partial charge in [0.2, 0.25) is 0 Å². The number of carboxylic acid groups (broad SMARTS) is 1. The van der Waals surface area contributed by atoms with Gasteiger partial charge in [0, 0.05) is 0 Å². The number of aliphatic carboxylic acids is 1. The van der Waals surface area contributed by atoms with Gasteiger partial charge in [0.05, 0.1) is 7.85 Å². The van der Waals surface area contributed by atoms with Crippen molar-refractivity contribution in [2.45, 2.75) is 13.3 Å². The average Bonchev–Trinajstić information content (AvgIpc) is 2.06. The maximum absolute atomic E-state index is 9.54. The van der Waals surface area contributed by atoms with Crippen molar-refractivity contribution in [3.8, 4) is 0 Å². The number of benzene rings is 1. The fourth-order valence-electron chi connectivity index (χ4n) is 0.574. The predicted molar refractivity (Wildman–Crippen MR) is 52.9 cm³/mol. The Bertz CT molecular complexity index is 239. The number of hydrogen-bond acceptors (Lipinski definition) is 1. The zero-order chi connectivity index (χ0) is 10.1. The Hall–Kier alpha value is -0.271. The first-order valence-corrected chi connectivity index (χ1v) is 3.94. The first kappa shape index (κ1) is 16.2. The van der Waals surface area contributed by atoms with Crippen LogP contribution in [0.5, 0.6) is 0 Å². The summed E-state index contributed by atoms with van der Waals surface area (Å²) >= 11 is 0. The molecule has 2 radical (unpaired) electrons. The van der Waals surface area contributed by atoms with E-state index in [1.54, 1.807) is 31.2 Å². The zero-order valence-electron chi connectivity index (χ0n) is 8.10. The maximum atomic E-state index is 9.54. The van der Waals surface area contributed by atoms with E-state index < -0.39 is 5.97 Å². The van der Waals surface area contributed by atoms with Gasteiger partial charge in [-0.1, -0.05) is 6.92 Å². The SMILES string of the molecule is CC[CH-]C(=O)O.[B]c1cc[c-]cc1.[Y+3]. The van der Waals surface area contributed by atoms with Crippen LogP contribution in [0.25, 0.3) is 0 Å². The molecule has 0 aliphatic heterocycles. The number of carbonyl (C=O) groups is 1. The Balaban J connectivity index is 0. The monoisotopic (exact) mass is 263 g/mol. The molecule has 0 spiro atoms. The van der Waals surface area contributed by atoms with Gasteiger partial charge in [0.15, 0.2) is 5.97 Å². The Morgan fingerprint density at radius 2 is 2.07 bits per heavy atom. The summed E-state index contributed by atoms with van der Waals surface area (Å²) < 4.78 is 0. The Kier molecular flexibility index (Phi) is 12.5. The van der Waals surface area contributed by atoms with Crippen LogP contribution in [0.4, 0.5) is 0 Å². The van der Waals surface area contributed by atoms with Crippen molar-refractivity contribution in [1.29, 1.82) is 0 Å². The van der Waals surface area contributed by atoms with Crippen LogP contribution < -0.4 is 5.46 Å². The molecule has 0 bridgehead atoms. The molecule has 0 aliphatic carbocycles. The smallest absolute Gasteiger partial charge is 0.503 e. The van der Waals surface area contributed by atoms with Gasteiger partial charge >= 0.3 is 32.7 Å². The first-order valence-electron chi connectivity index (χ1n) is 3.94. The van der Waals surface area contributed by atoms with Gasteiger partial charge in [0.1, 0.15) is 0 Å². The summed E-state index contributed by atoms with van der Waals surface area (Å²) in [4.78, 5) is 9.54. The first-order chi connectivity index (χ1) is 6.16. The maximum Gasteiger partial charge on any atom is 3.00 e. The third kappa shape index (κ3) is 11.7. The minimum absolute atomic E-state index is 0. The topological polar surface area (TPSA) is 37.3 Å². The predicted octanol–water partition coefficient (Wildman–Crippen LogP) is 0.963. The molecule has 0 aromatic heterocycles.